The first kappa shape index (κ1) is 10.4. The summed E-state index contributed by atoms with van der Waals surface area (Å²) < 4.78 is 1.11. The number of alkyl halides is 1. The largest absolute Gasteiger partial charge is 0.356 e. The molecule has 0 spiro atoms. The Balaban J connectivity index is 2.12. The van der Waals surface area contributed by atoms with Crippen LogP contribution >= 0.6 is 34.2 Å². The standard InChI is InChI=1S/C9H11ClIN3/c10-7-1-3-14(4-2-7)9-8(11)5-12-6-13-9/h5-7H,1-4H2. The van der Waals surface area contributed by atoms with Crippen molar-refractivity contribution in [3.8, 4) is 0 Å². The van der Waals surface area contributed by atoms with Crippen LogP contribution in [0.4, 0.5) is 5.82 Å². The van der Waals surface area contributed by atoms with E-state index in [-0.39, 0.29) is 0 Å². The summed E-state index contributed by atoms with van der Waals surface area (Å²) in [6.45, 7) is 2.00. The van der Waals surface area contributed by atoms with Crippen molar-refractivity contribution in [2.24, 2.45) is 0 Å². The summed E-state index contributed by atoms with van der Waals surface area (Å²) in [5.41, 5.74) is 0. The zero-order valence-electron chi connectivity index (χ0n) is 7.66. The molecule has 1 aliphatic heterocycles. The molecule has 1 aromatic rings. The summed E-state index contributed by atoms with van der Waals surface area (Å²) in [7, 11) is 0. The summed E-state index contributed by atoms with van der Waals surface area (Å²) in [6.07, 6.45) is 5.53. The predicted molar refractivity (Wildman–Crippen MR) is 65.8 cm³/mol. The second-order valence-corrected chi connectivity index (χ2v) is 5.14. The van der Waals surface area contributed by atoms with Crippen molar-refractivity contribution in [1.29, 1.82) is 0 Å². The fourth-order valence-corrected chi connectivity index (χ4v) is 2.44. The van der Waals surface area contributed by atoms with Gasteiger partial charge in [-0.2, -0.15) is 0 Å². The normalized spacial score (nSPS) is 18.6. The van der Waals surface area contributed by atoms with Crippen molar-refractivity contribution < 1.29 is 0 Å². The van der Waals surface area contributed by atoms with Gasteiger partial charge in [0.15, 0.2) is 0 Å². The molecule has 0 aromatic carbocycles. The van der Waals surface area contributed by atoms with Crippen LogP contribution in [0.5, 0.6) is 0 Å². The van der Waals surface area contributed by atoms with E-state index in [4.69, 9.17) is 11.6 Å². The minimum Gasteiger partial charge on any atom is -0.356 e. The van der Waals surface area contributed by atoms with Crippen LogP contribution in [-0.4, -0.2) is 28.4 Å². The van der Waals surface area contributed by atoms with Crippen LogP contribution in [-0.2, 0) is 0 Å². The van der Waals surface area contributed by atoms with Crippen molar-refractivity contribution in [1.82, 2.24) is 9.97 Å². The van der Waals surface area contributed by atoms with Gasteiger partial charge < -0.3 is 4.90 Å². The lowest BCUT2D eigenvalue weighted by Gasteiger charge is -2.30. The molecule has 76 valence electrons. The third-order valence-corrected chi connectivity index (χ3v) is 3.57. The predicted octanol–water partition coefficient (Wildman–Crippen LogP) is 2.29. The van der Waals surface area contributed by atoms with Gasteiger partial charge in [0, 0.05) is 24.7 Å². The topological polar surface area (TPSA) is 29.0 Å². The van der Waals surface area contributed by atoms with Gasteiger partial charge in [-0.3, -0.25) is 0 Å². The van der Waals surface area contributed by atoms with E-state index in [1.165, 1.54) is 0 Å². The Morgan fingerprint density at radius 1 is 1.43 bits per heavy atom. The highest BCUT2D eigenvalue weighted by molar-refractivity contribution is 14.1. The fourth-order valence-electron chi connectivity index (χ4n) is 1.60. The molecule has 0 unspecified atom stereocenters. The summed E-state index contributed by atoms with van der Waals surface area (Å²) in [4.78, 5) is 10.6. The Morgan fingerprint density at radius 2 is 2.14 bits per heavy atom. The molecule has 0 atom stereocenters. The number of anilines is 1. The molecular weight excluding hydrogens is 312 g/mol. The molecule has 0 aliphatic carbocycles. The quantitative estimate of drug-likeness (QED) is 0.586. The van der Waals surface area contributed by atoms with Gasteiger partial charge in [0.1, 0.15) is 12.1 Å². The summed E-state index contributed by atoms with van der Waals surface area (Å²) in [5.74, 6) is 1.05. The lowest BCUT2D eigenvalue weighted by Crippen LogP contribution is -2.35. The summed E-state index contributed by atoms with van der Waals surface area (Å²) in [6, 6.07) is 0. The molecule has 1 aliphatic rings. The van der Waals surface area contributed by atoms with Crippen LogP contribution < -0.4 is 4.90 Å². The number of piperidine rings is 1. The molecular formula is C9H11ClIN3. The van der Waals surface area contributed by atoms with E-state index < -0.39 is 0 Å². The Bertz CT molecular complexity index is 313. The van der Waals surface area contributed by atoms with Gasteiger partial charge in [0.2, 0.25) is 0 Å². The smallest absolute Gasteiger partial charge is 0.145 e. The van der Waals surface area contributed by atoms with E-state index >= 15 is 0 Å². The first-order valence-electron chi connectivity index (χ1n) is 4.62. The number of hydrogen-bond acceptors (Lipinski definition) is 3. The molecule has 0 radical (unpaired) electrons. The average Bonchev–Trinajstić information content (AvgIpc) is 2.20. The maximum Gasteiger partial charge on any atom is 0.145 e. The first-order valence-corrected chi connectivity index (χ1v) is 6.13. The molecule has 2 heterocycles. The lowest BCUT2D eigenvalue weighted by atomic mass is 10.1. The zero-order chi connectivity index (χ0) is 9.97. The molecule has 0 bridgehead atoms. The monoisotopic (exact) mass is 323 g/mol. The SMILES string of the molecule is ClC1CCN(c2ncncc2I)CC1. The molecule has 1 aromatic heterocycles. The van der Waals surface area contributed by atoms with E-state index in [9.17, 15) is 0 Å². The van der Waals surface area contributed by atoms with Crippen molar-refractivity contribution >= 4 is 40.0 Å². The van der Waals surface area contributed by atoms with Crippen molar-refractivity contribution in [3.63, 3.8) is 0 Å². The zero-order valence-corrected chi connectivity index (χ0v) is 10.6. The molecule has 2 rings (SSSR count). The van der Waals surface area contributed by atoms with Gasteiger partial charge in [0.25, 0.3) is 0 Å². The van der Waals surface area contributed by atoms with Crippen LogP contribution in [0.3, 0.4) is 0 Å². The van der Waals surface area contributed by atoms with E-state index in [0.717, 1.165) is 35.3 Å². The molecule has 5 heteroatoms. The highest BCUT2D eigenvalue weighted by Crippen LogP contribution is 2.23. The van der Waals surface area contributed by atoms with Crippen molar-refractivity contribution in [3.05, 3.63) is 16.1 Å². The Kier molecular flexibility index (Phi) is 3.43. The molecule has 0 saturated carbocycles. The van der Waals surface area contributed by atoms with Gasteiger partial charge >= 0.3 is 0 Å². The van der Waals surface area contributed by atoms with E-state index in [0.29, 0.717) is 5.38 Å². The number of nitrogens with zero attached hydrogens (tertiary/aromatic N) is 3. The van der Waals surface area contributed by atoms with Crippen LogP contribution in [0.1, 0.15) is 12.8 Å². The van der Waals surface area contributed by atoms with Crippen LogP contribution in [0.25, 0.3) is 0 Å². The van der Waals surface area contributed by atoms with Gasteiger partial charge in [-0.25, -0.2) is 9.97 Å². The van der Waals surface area contributed by atoms with Gasteiger partial charge in [-0.1, -0.05) is 0 Å². The van der Waals surface area contributed by atoms with Crippen LogP contribution in [0.2, 0.25) is 0 Å². The van der Waals surface area contributed by atoms with Crippen LogP contribution in [0, 0.1) is 3.57 Å². The highest BCUT2D eigenvalue weighted by Gasteiger charge is 2.19. The second-order valence-electron chi connectivity index (χ2n) is 3.36. The van der Waals surface area contributed by atoms with Crippen molar-refractivity contribution in [2.75, 3.05) is 18.0 Å². The maximum absolute atomic E-state index is 6.05. The molecule has 0 N–H and O–H groups in total. The molecule has 3 nitrogen and oxygen atoms in total. The van der Waals surface area contributed by atoms with Crippen molar-refractivity contribution in [2.45, 2.75) is 18.2 Å². The van der Waals surface area contributed by atoms with E-state index in [1.807, 2.05) is 6.20 Å². The number of rotatable bonds is 1. The minimum absolute atomic E-state index is 0.339. The first-order chi connectivity index (χ1) is 6.77. The van der Waals surface area contributed by atoms with Crippen LogP contribution in [0.15, 0.2) is 12.5 Å². The Labute approximate surface area is 102 Å². The lowest BCUT2D eigenvalue weighted by molar-refractivity contribution is 0.579. The number of halogens is 2. The number of aromatic nitrogens is 2. The number of hydrogen-bond donors (Lipinski definition) is 0. The highest BCUT2D eigenvalue weighted by atomic mass is 127. The molecule has 0 amide bonds. The van der Waals surface area contributed by atoms with Gasteiger partial charge in [-0.15, -0.1) is 11.6 Å². The average molecular weight is 324 g/mol. The molecule has 1 saturated heterocycles. The Hall–Kier alpha value is -0.100. The van der Waals surface area contributed by atoms with Gasteiger partial charge in [0.05, 0.1) is 3.57 Å². The second kappa shape index (κ2) is 4.61. The summed E-state index contributed by atoms with van der Waals surface area (Å²) >= 11 is 8.32. The third kappa shape index (κ3) is 2.28. The van der Waals surface area contributed by atoms with E-state index in [2.05, 4.69) is 37.5 Å². The molecule has 1 fully saturated rings. The fraction of sp³-hybridized carbons (Fsp3) is 0.556. The minimum atomic E-state index is 0.339. The van der Waals surface area contributed by atoms with Gasteiger partial charge in [-0.05, 0) is 35.4 Å². The Morgan fingerprint density at radius 3 is 2.79 bits per heavy atom. The molecule has 14 heavy (non-hydrogen) atoms. The maximum atomic E-state index is 6.05. The van der Waals surface area contributed by atoms with E-state index in [1.54, 1.807) is 6.33 Å². The summed E-state index contributed by atoms with van der Waals surface area (Å²) in [5, 5.41) is 0.339. The third-order valence-electron chi connectivity index (χ3n) is 2.37.